The van der Waals surface area contributed by atoms with Gasteiger partial charge in [0.15, 0.2) is 0 Å². The summed E-state index contributed by atoms with van der Waals surface area (Å²) in [6.45, 7) is 7.89. The molecule has 0 atom stereocenters. The molecule has 0 aliphatic rings. The third-order valence-electron chi connectivity index (χ3n) is 3.24. The minimum atomic E-state index is -0.978. The van der Waals surface area contributed by atoms with Gasteiger partial charge in [-0.2, -0.15) is 0 Å². The molecule has 5 nitrogen and oxygen atoms in total. The molecule has 0 aromatic carbocycles. The van der Waals surface area contributed by atoms with E-state index in [-0.39, 0.29) is 5.56 Å². The van der Waals surface area contributed by atoms with Crippen LogP contribution in [0.15, 0.2) is 12.5 Å². The summed E-state index contributed by atoms with van der Waals surface area (Å²) < 4.78 is 0. The molecule has 0 spiro atoms. The Kier molecular flexibility index (Phi) is 5.55. The highest BCUT2D eigenvalue weighted by Crippen LogP contribution is 2.19. The van der Waals surface area contributed by atoms with E-state index in [1.54, 1.807) is 0 Å². The molecule has 18 heavy (non-hydrogen) atoms. The zero-order valence-corrected chi connectivity index (χ0v) is 11.3. The van der Waals surface area contributed by atoms with Gasteiger partial charge in [0, 0.05) is 19.3 Å². The molecule has 0 aliphatic carbocycles. The van der Waals surface area contributed by atoms with Crippen LogP contribution in [-0.2, 0) is 0 Å². The van der Waals surface area contributed by atoms with Crippen LogP contribution >= 0.6 is 0 Å². The molecule has 0 unspecified atom stereocenters. The van der Waals surface area contributed by atoms with Crippen LogP contribution in [0.1, 0.15) is 44.0 Å². The maximum atomic E-state index is 11.2. The van der Waals surface area contributed by atoms with Crippen molar-refractivity contribution in [2.75, 3.05) is 18.0 Å². The Balaban J connectivity index is 2.97. The first-order valence-corrected chi connectivity index (χ1v) is 6.42. The van der Waals surface area contributed by atoms with Crippen LogP contribution in [-0.4, -0.2) is 34.1 Å². The van der Waals surface area contributed by atoms with Crippen molar-refractivity contribution in [3.8, 4) is 0 Å². The number of nitrogens with zero attached hydrogens (tertiary/aromatic N) is 3. The number of carbonyl (C=O) groups is 1. The highest BCUT2D eigenvalue weighted by atomic mass is 16.4. The fourth-order valence-electron chi connectivity index (χ4n) is 1.95. The molecular formula is C13H21N3O2. The molecule has 100 valence electrons. The lowest BCUT2D eigenvalue weighted by Crippen LogP contribution is -2.31. The van der Waals surface area contributed by atoms with Gasteiger partial charge in [0.1, 0.15) is 17.7 Å². The van der Waals surface area contributed by atoms with Crippen LogP contribution in [0.3, 0.4) is 0 Å². The predicted octanol–water partition coefficient (Wildman–Crippen LogP) is 2.44. The van der Waals surface area contributed by atoms with Crippen LogP contribution < -0.4 is 4.90 Å². The SMILES string of the molecule is CCC(CC)CN(CC)c1ncncc1C(=O)O. The average Bonchev–Trinajstić information content (AvgIpc) is 2.40. The molecule has 0 saturated heterocycles. The minimum absolute atomic E-state index is 0.172. The van der Waals surface area contributed by atoms with E-state index in [2.05, 4.69) is 23.8 Å². The summed E-state index contributed by atoms with van der Waals surface area (Å²) in [7, 11) is 0. The number of anilines is 1. The van der Waals surface area contributed by atoms with Gasteiger partial charge in [-0.1, -0.05) is 26.7 Å². The Bertz CT molecular complexity index is 392. The number of aromatic nitrogens is 2. The largest absolute Gasteiger partial charge is 0.477 e. The van der Waals surface area contributed by atoms with E-state index in [4.69, 9.17) is 5.11 Å². The third kappa shape index (κ3) is 3.42. The van der Waals surface area contributed by atoms with Crippen LogP contribution in [0.5, 0.6) is 0 Å². The summed E-state index contributed by atoms with van der Waals surface area (Å²) >= 11 is 0. The van der Waals surface area contributed by atoms with Gasteiger partial charge in [0.05, 0.1) is 0 Å². The second-order valence-corrected chi connectivity index (χ2v) is 4.29. The molecule has 1 N–H and O–H groups in total. The van der Waals surface area contributed by atoms with Gasteiger partial charge in [-0.25, -0.2) is 14.8 Å². The number of rotatable bonds is 7. The summed E-state index contributed by atoms with van der Waals surface area (Å²) in [5, 5.41) is 9.15. The lowest BCUT2D eigenvalue weighted by Gasteiger charge is -2.27. The van der Waals surface area contributed by atoms with E-state index in [0.717, 1.165) is 25.9 Å². The summed E-state index contributed by atoms with van der Waals surface area (Å²) in [5.41, 5.74) is 0.172. The van der Waals surface area contributed by atoms with Crippen LogP contribution in [0.25, 0.3) is 0 Å². The Labute approximate surface area is 108 Å². The van der Waals surface area contributed by atoms with Crippen LogP contribution in [0, 0.1) is 5.92 Å². The molecule has 0 aliphatic heterocycles. The summed E-state index contributed by atoms with van der Waals surface area (Å²) in [6.07, 6.45) is 4.93. The maximum Gasteiger partial charge on any atom is 0.341 e. The first-order valence-electron chi connectivity index (χ1n) is 6.42. The van der Waals surface area contributed by atoms with Crippen molar-refractivity contribution in [1.82, 2.24) is 9.97 Å². The van der Waals surface area contributed by atoms with E-state index in [1.165, 1.54) is 12.5 Å². The van der Waals surface area contributed by atoms with Gasteiger partial charge < -0.3 is 10.0 Å². The molecule has 0 fully saturated rings. The van der Waals surface area contributed by atoms with E-state index in [9.17, 15) is 4.79 Å². The number of hydrogen-bond donors (Lipinski definition) is 1. The van der Waals surface area contributed by atoms with Gasteiger partial charge in [-0.15, -0.1) is 0 Å². The first-order chi connectivity index (χ1) is 8.63. The standard InChI is InChI=1S/C13H21N3O2/c1-4-10(5-2)8-16(6-3)12-11(13(17)18)7-14-9-15-12/h7,9-10H,4-6,8H2,1-3H3,(H,17,18). The van der Waals surface area contributed by atoms with Gasteiger partial charge >= 0.3 is 5.97 Å². The Hall–Kier alpha value is -1.65. The minimum Gasteiger partial charge on any atom is -0.477 e. The van der Waals surface area contributed by atoms with Gasteiger partial charge in [0.25, 0.3) is 0 Å². The second-order valence-electron chi connectivity index (χ2n) is 4.29. The van der Waals surface area contributed by atoms with E-state index in [1.807, 2.05) is 11.8 Å². The molecule has 5 heteroatoms. The van der Waals surface area contributed by atoms with E-state index < -0.39 is 5.97 Å². The fourth-order valence-corrected chi connectivity index (χ4v) is 1.95. The molecule has 0 bridgehead atoms. The van der Waals surface area contributed by atoms with Gasteiger partial charge in [-0.05, 0) is 12.8 Å². The zero-order chi connectivity index (χ0) is 13.5. The zero-order valence-electron chi connectivity index (χ0n) is 11.3. The van der Waals surface area contributed by atoms with E-state index >= 15 is 0 Å². The van der Waals surface area contributed by atoms with Crippen molar-refractivity contribution in [1.29, 1.82) is 0 Å². The second kappa shape index (κ2) is 6.93. The molecule has 1 rings (SSSR count). The topological polar surface area (TPSA) is 66.3 Å². The maximum absolute atomic E-state index is 11.2. The predicted molar refractivity (Wildman–Crippen MR) is 71.0 cm³/mol. The lowest BCUT2D eigenvalue weighted by atomic mass is 10.0. The molecule has 1 heterocycles. The van der Waals surface area contributed by atoms with Crippen molar-refractivity contribution >= 4 is 11.8 Å². The van der Waals surface area contributed by atoms with Crippen molar-refractivity contribution < 1.29 is 9.90 Å². The van der Waals surface area contributed by atoms with Crippen LogP contribution in [0.2, 0.25) is 0 Å². The highest BCUT2D eigenvalue weighted by Gasteiger charge is 2.18. The lowest BCUT2D eigenvalue weighted by molar-refractivity contribution is 0.0696. The Morgan fingerprint density at radius 3 is 2.56 bits per heavy atom. The number of carboxylic acid groups (broad SMARTS) is 1. The smallest absolute Gasteiger partial charge is 0.341 e. The first kappa shape index (κ1) is 14.4. The van der Waals surface area contributed by atoms with Crippen molar-refractivity contribution in [3.63, 3.8) is 0 Å². The molecule has 0 amide bonds. The van der Waals surface area contributed by atoms with Crippen LogP contribution in [0.4, 0.5) is 5.82 Å². The molecule has 1 aromatic rings. The monoisotopic (exact) mass is 251 g/mol. The van der Waals surface area contributed by atoms with Crippen molar-refractivity contribution in [2.45, 2.75) is 33.6 Å². The highest BCUT2D eigenvalue weighted by molar-refractivity contribution is 5.92. The molecule has 0 saturated carbocycles. The third-order valence-corrected chi connectivity index (χ3v) is 3.24. The Morgan fingerprint density at radius 2 is 2.06 bits per heavy atom. The normalized spacial score (nSPS) is 10.7. The number of aromatic carboxylic acids is 1. The van der Waals surface area contributed by atoms with Gasteiger partial charge in [-0.3, -0.25) is 0 Å². The summed E-state index contributed by atoms with van der Waals surface area (Å²) in [5.74, 6) is 0.0991. The van der Waals surface area contributed by atoms with Crippen molar-refractivity contribution in [2.24, 2.45) is 5.92 Å². The summed E-state index contributed by atoms with van der Waals surface area (Å²) in [4.78, 5) is 21.1. The summed E-state index contributed by atoms with van der Waals surface area (Å²) in [6, 6.07) is 0. The quantitative estimate of drug-likeness (QED) is 0.806. The number of hydrogen-bond acceptors (Lipinski definition) is 4. The Morgan fingerprint density at radius 1 is 1.39 bits per heavy atom. The van der Waals surface area contributed by atoms with E-state index in [0.29, 0.717) is 11.7 Å². The van der Waals surface area contributed by atoms with Crippen molar-refractivity contribution in [3.05, 3.63) is 18.1 Å². The number of carboxylic acids is 1. The molecule has 0 radical (unpaired) electrons. The molecular weight excluding hydrogens is 230 g/mol. The van der Waals surface area contributed by atoms with Gasteiger partial charge in [0.2, 0.25) is 0 Å². The fraction of sp³-hybridized carbons (Fsp3) is 0.615. The average molecular weight is 251 g/mol. The molecule has 1 aromatic heterocycles.